The number of amides is 2. The Hall–Kier alpha value is -7.25. The molecular weight excluding hydrogens is 652 g/mol. The molecule has 4 aromatic heterocycles. The van der Waals surface area contributed by atoms with Gasteiger partial charge in [-0.1, -0.05) is 0 Å². The smallest absolute Gasteiger partial charge is 0.337 e. The molecule has 6 rings (SSSR count). The van der Waals surface area contributed by atoms with Crippen LogP contribution in [-0.2, 0) is 6.42 Å². The summed E-state index contributed by atoms with van der Waals surface area (Å²) in [6.45, 7) is -0.407. The van der Waals surface area contributed by atoms with E-state index in [0.717, 1.165) is 22.8 Å². The molecule has 2 amide bonds. The summed E-state index contributed by atoms with van der Waals surface area (Å²) < 4.78 is 37.9. The van der Waals surface area contributed by atoms with Crippen LogP contribution >= 0.6 is 0 Å². The average molecular weight is 672 g/mol. The Morgan fingerprint density at radius 3 is 2.22 bits per heavy atom. The second-order valence-corrected chi connectivity index (χ2v) is 9.93. The maximum absolute atomic E-state index is 15.1. The monoisotopic (exact) mass is 671 g/mol. The molecule has 6 aromatic rings. The molecule has 2 aromatic carbocycles. The highest BCUT2D eigenvalue weighted by molar-refractivity contribution is 6.07. The van der Waals surface area contributed by atoms with Gasteiger partial charge in [0.2, 0.25) is 0 Å². The number of fused-ring (bicyclic) bond motifs is 1. The van der Waals surface area contributed by atoms with Crippen LogP contribution in [0.1, 0.15) is 47.3 Å². The van der Waals surface area contributed by atoms with Gasteiger partial charge in [-0.05, 0) is 58.5 Å². The number of imidazole rings is 1. The Kier molecular flexibility index (Phi) is 8.57. The van der Waals surface area contributed by atoms with Crippen molar-refractivity contribution < 1.29 is 42.9 Å². The molecule has 0 bridgehead atoms. The SMILES string of the molecule is O=C(Nc1cc(OCCc2cc(C(=O)O)c(NC(=O)c3ccc4nnnn4n3)cc2F)c(F)cc1C(=O)O)c1ccc(-n2ccnc2)nn1. The average Bonchev–Trinajstić information content (AvgIpc) is 3.79. The third-order valence-corrected chi connectivity index (χ3v) is 6.80. The quantitative estimate of drug-likeness (QED) is 0.155. The van der Waals surface area contributed by atoms with Crippen LogP contribution in [0.25, 0.3) is 11.5 Å². The van der Waals surface area contributed by atoms with Gasteiger partial charge in [0.05, 0.1) is 29.1 Å². The lowest BCUT2D eigenvalue weighted by Gasteiger charge is -2.14. The van der Waals surface area contributed by atoms with E-state index in [2.05, 4.69) is 46.4 Å². The van der Waals surface area contributed by atoms with Crippen molar-refractivity contribution in [2.24, 2.45) is 0 Å². The van der Waals surface area contributed by atoms with Crippen molar-refractivity contribution in [1.29, 1.82) is 0 Å². The Labute approximate surface area is 271 Å². The molecule has 0 radical (unpaired) electrons. The number of halogens is 2. The normalized spacial score (nSPS) is 10.9. The molecule has 246 valence electrons. The molecule has 0 unspecified atom stereocenters. The van der Waals surface area contributed by atoms with Crippen LogP contribution in [0.15, 0.2) is 67.3 Å². The number of carbonyl (C=O) groups excluding carboxylic acids is 2. The van der Waals surface area contributed by atoms with E-state index in [1.807, 2.05) is 0 Å². The Morgan fingerprint density at radius 1 is 0.816 bits per heavy atom. The molecule has 0 aliphatic rings. The molecule has 0 saturated heterocycles. The van der Waals surface area contributed by atoms with E-state index in [1.165, 1.54) is 36.8 Å². The van der Waals surface area contributed by atoms with Gasteiger partial charge in [0.1, 0.15) is 12.1 Å². The molecule has 0 fully saturated rings. The number of tetrazole rings is 1. The van der Waals surface area contributed by atoms with Gasteiger partial charge in [-0.2, -0.15) is 0 Å². The Morgan fingerprint density at radius 2 is 1.53 bits per heavy atom. The van der Waals surface area contributed by atoms with Crippen molar-refractivity contribution in [3.8, 4) is 11.6 Å². The van der Waals surface area contributed by atoms with E-state index < -0.39 is 58.9 Å². The van der Waals surface area contributed by atoms with E-state index >= 15 is 4.39 Å². The summed E-state index contributed by atoms with van der Waals surface area (Å²) in [4.78, 5) is 53.2. The minimum atomic E-state index is -1.55. The lowest BCUT2D eigenvalue weighted by Crippen LogP contribution is -2.18. The van der Waals surface area contributed by atoms with Gasteiger partial charge in [0.15, 0.2) is 34.4 Å². The van der Waals surface area contributed by atoms with Crippen LogP contribution in [0.2, 0.25) is 0 Å². The number of benzene rings is 2. The summed E-state index contributed by atoms with van der Waals surface area (Å²) in [5.74, 6) is -6.90. The summed E-state index contributed by atoms with van der Waals surface area (Å²) >= 11 is 0. The van der Waals surface area contributed by atoms with Gasteiger partial charge in [0, 0.05) is 24.9 Å². The molecule has 49 heavy (non-hydrogen) atoms. The zero-order valence-corrected chi connectivity index (χ0v) is 24.5. The maximum Gasteiger partial charge on any atom is 0.337 e. The number of nitrogens with zero attached hydrogens (tertiary/aromatic N) is 9. The minimum Gasteiger partial charge on any atom is -0.490 e. The maximum atomic E-state index is 15.1. The predicted molar refractivity (Wildman–Crippen MR) is 160 cm³/mol. The number of carbonyl (C=O) groups is 4. The topological polar surface area (TPSA) is 242 Å². The number of ether oxygens (including phenoxy) is 1. The van der Waals surface area contributed by atoms with E-state index in [9.17, 15) is 33.8 Å². The molecule has 4 N–H and O–H groups in total. The van der Waals surface area contributed by atoms with Gasteiger partial charge in [0.25, 0.3) is 11.8 Å². The lowest BCUT2D eigenvalue weighted by atomic mass is 10.0. The second-order valence-electron chi connectivity index (χ2n) is 9.93. The van der Waals surface area contributed by atoms with Crippen LogP contribution in [-0.4, -0.2) is 85.6 Å². The van der Waals surface area contributed by atoms with Crippen LogP contribution in [0.4, 0.5) is 20.2 Å². The van der Waals surface area contributed by atoms with E-state index in [0.29, 0.717) is 11.9 Å². The number of nitrogens with one attached hydrogen (secondary N) is 2. The first-order chi connectivity index (χ1) is 23.6. The predicted octanol–water partition coefficient (Wildman–Crippen LogP) is 2.30. The molecule has 0 atom stereocenters. The largest absolute Gasteiger partial charge is 0.490 e. The summed E-state index contributed by atoms with van der Waals surface area (Å²) in [5, 5.41) is 46.2. The van der Waals surface area contributed by atoms with Crippen LogP contribution in [0.3, 0.4) is 0 Å². The summed E-state index contributed by atoms with van der Waals surface area (Å²) in [6, 6.07) is 8.84. The standard InChI is InChI=1S/C29H19F2N11O7/c30-17-11-21(33-27(44)20-2-4-25-37-39-40-42(25)38-20)15(28(45)46)9-14(17)5-8-49-23-12-22(16(29(47)48)10-18(23)31)34-26(43)19-1-3-24(36-35-19)41-7-6-32-13-41/h1-4,6-7,9-13H,5,8H2,(H,33,44)(H,34,43)(H,45,46)(H,47,48). The summed E-state index contributed by atoms with van der Waals surface area (Å²) in [6.07, 6.45) is 4.32. The Bertz CT molecular complexity index is 2240. The highest BCUT2D eigenvalue weighted by Gasteiger charge is 2.21. The molecule has 4 heterocycles. The number of anilines is 2. The van der Waals surface area contributed by atoms with E-state index in [-0.39, 0.29) is 40.4 Å². The number of hydrogen-bond donors (Lipinski definition) is 4. The molecule has 0 aliphatic heterocycles. The van der Waals surface area contributed by atoms with Crippen molar-refractivity contribution >= 4 is 40.8 Å². The van der Waals surface area contributed by atoms with E-state index in [4.69, 9.17) is 4.74 Å². The van der Waals surface area contributed by atoms with Gasteiger partial charge >= 0.3 is 11.9 Å². The van der Waals surface area contributed by atoms with Crippen molar-refractivity contribution in [3.63, 3.8) is 0 Å². The van der Waals surface area contributed by atoms with Gasteiger partial charge in [-0.15, -0.1) is 25.0 Å². The number of rotatable bonds is 11. The van der Waals surface area contributed by atoms with Crippen LogP contribution in [0.5, 0.6) is 5.75 Å². The molecular formula is C29H19F2N11O7. The minimum absolute atomic E-state index is 0.155. The third-order valence-electron chi connectivity index (χ3n) is 6.80. The summed E-state index contributed by atoms with van der Waals surface area (Å²) in [7, 11) is 0. The van der Waals surface area contributed by atoms with Gasteiger partial charge in [-0.25, -0.2) is 23.4 Å². The van der Waals surface area contributed by atoms with Gasteiger partial charge in [-0.3, -0.25) is 14.2 Å². The molecule has 0 aliphatic carbocycles. The molecule has 0 saturated carbocycles. The number of aromatic nitrogens is 9. The fourth-order valence-corrected chi connectivity index (χ4v) is 4.43. The summed E-state index contributed by atoms with van der Waals surface area (Å²) in [5.41, 5.74) is -2.02. The lowest BCUT2D eigenvalue weighted by molar-refractivity contribution is 0.0686. The first kappa shape index (κ1) is 31.7. The zero-order valence-electron chi connectivity index (χ0n) is 24.5. The third kappa shape index (κ3) is 6.82. The molecule has 18 nitrogen and oxygen atoms in total. The fraction of sp³-hybridized carbons (Fsp3) is 0.0690. The van der Waals surface area contributed by atoms with Crippen LogP contribution < -0.4 is 15.4 Å². The second kappa shape index (κ2) is 13.2. The number of carboxylic acids is 2. The van der Waals surface area contributed by atoms with Crippen molar-refractivity contribution in [2.45, 2.75) is 6.42 Å². The Balaban J connectivity index is 1.15. The fourth-order valence-electron chi connectivity index (χ4n) is 4.43. The van der Waals surface area contributed by atoms with Crippen molar-refractivity contribution in [2.75, 3.05) is 17.2 Å². The highest BCUT2D eigenvalue weighted by atomic mass is 19.1. The van der Waals surface area contributed by atoms with Crippen LogP contribution in [0, 0.1) is 11.6 Å². The van der Waals surface area contributed by atoms with Gasteiger partial charge < -0.3 is 25.6 Å². The van der Waals surface area contributed by atoms with Crippen molar-refractivity contribution in [3.05, 3.63) is 107 Å². The first-order valence-corrected chi connectivity index (χ1v) is 13.8. The highest BCUT2D eigenvalue weighted by Crippen LogP contribution is 2.28. The first-order valence-electron chi connectivity index (χ1n) is 13.8. The number of hydrogen-bond acceptors (Lipinski definition) is 12. The zero-order chi connectivity index (χ0) is 34.7. The van der Waals surface area contributed by atoms with E-state index in [1.54, 1.807) is 10.8 Å². The number of carboxylic acid groups (broad SMARTS) is 2. The number of aromatic carboxylic acids is 2. The molecule has 20 heteroatoms. The molecule has 0 spiro atoms. The van der Waals surface area contributed by atoms with Crippen molar-refractivity contribution in [1.82, 2.24) is 45.0 Å².